The minimum absolute atomic E-state index is 0. The number of nitro groups is 4. The Hall–Kier alpha value is -7.83. The molecule has 6 aromatic carbocycles. The zero-order valence-electron chi connectivity index (χ0n) is 29.3. The Morgan fingerprint density at radius 2 is 0.902 bits per heavy atom. The molecule has 0 saturated carbocycles. The van der Waals surface area contributed by atoms with Gasteiger partial charge < -0.3 is 30.8 Å². The number of azo groups is 2. The number of hydrogen-bond donors (Lipinski definition) is 0. The van der Waals surface area contributed by atoms with Gasteiger partial charge in [0.1, 0.15) is 20.2 Å². The van der Waals surface area contributed by atoms with E-state index in [1.54, 1.807) is 0 Å². The molecular formula is C32H16CoN10O16S2-3. The molecular weight excluding hydrogens is 903 g/mol. The van der Waals surface area contributed by atoms with Crippen LogP contribution < -0.4 is 10.2 Å². The van der Waals surface area contributed by atoms with E-state index in [0.29, 0.717) is 24.3 Å². The van der Waals surface area contributed by atoms with Gasteiger partial charge in [-0.05, 0) is 29.0 Å². The first-order chi connectivity index (χ1) is 28.0. The first-order valence-electron chi connectivity index (χ1n) is 15.6. The quantitative estimate of drug-likeness (QED) is 0.0556. The number of nitrogens with zero attached hydrogens (tertiary/aromatic N) is 8. The van der Waals surface area contributed by atoms with Crippen LogP contribution in [-0.4, -0.2) is 45.6 Å². The standard InChI is InChI=1S/2C16H10N5O8S.Co/c17-15-10-2-1-3-14(30(27,28)29)9(10)4-5-11(15)18-19-12-6-8(20(23)24)7-13(16(12)22)21(25)26;17-11-5-4-9-10(2-1-3-14(9)30(27,28)29)15(11)19-18-12-6-8(20(23)24)7-13(16(12)22)21(25)26;/h2*1-7H,(H3-,17,18,19,22,27,28,29);/q2*-1;+3/p-4. The minimum Gasteiger partial charge on any atom is -0.866 e. The van der Waals surface area contributed by atoms with Gasteiger partial charge in [-0.2, -0.15) is 20.5 Å². The predicted octanol–water partition coefficient (Wildman–Crippen LogP) is 7.46. The van der Waals surface area contributed by atoms with Gasteiger partial charge in [0.15, 0.2) is 0 Å². The van der Waals surface area contributed by atoms with Gasteiger partial charge in [-0.3, -0.25) is 40.5 Å². The molecule has 0 fully saturated rings. The molecule has 0 radical (unpaired) electrons. The molecule has 0 aromatic heterocycles. The molecule has 0 unspecified atom stereocenters. The molecule has 29 heteroatoms. The van der Waals surface area contributed by atoms with Crippen LogP contribution >= 0.6 is 0 Å². The van der Waals surface area contributed by atoms with Gasteiger partial charge in [0.2, 0.25) is 0 Å². The van der Waals surface area contributed by atoms with Crippen molar-refractivity contribution in [1.29, 1.82) is 0 Å². The van der Waals surface area contributed by atoms with Crippen LogP contribution in [0.5, 0.6) is 11.5 Å². The summed E-state index contributed by atoms with van der Waals surface area (Å²) in [5.41, 5.74) is 10.00. The third kappa shape index (κ3) is 9.73. The Bertz CT molecular complexity index is 3130. The fourth-order valence-corrected chi connectivity index (χ4v) is 6.65. The Morgan fingerprint density at radius 1 is 0.492 bits per heavy atom. The van der Waals surface area contributed by atoms with E-state index >= 15 is 0 Å². The average Bonchev–Trinajstić information content (AvgIpc) is 3.16. The second-order valence-corrected chi connectivity index (χ2v) is 14.3. The number of nitro benzene ring substituents is 4. The molecule has 0 spiro atoms. The van der Waals surface area contributed by atoms with Crippen LogP contribution in [0.1, 0.15) is 0 Å². The zero-order chi connectivity index (χ0) is 44.4. The molecule has 0 bridgehead atoms. The van der Waals surface area contributed by atoms with Crippen LogP contribution in [-0.2, 0) is 37.0 Å². The Balaban J connectivity index is 0.000000264. The summed E-state index contributed by atoms with van der Waals surface area (Å²) < 4.78 is 68.4. The first-order valence-corrected chi connectivity index (χ1v) is 18.4. The van der Waals surface area contributed by atoms with Gasteiger partial charge in [-0.25, -0.2) is 16.8 Å². The summed E-state index contributed by atoms with van der Waals surface area (Å²) in [6.45, 7) is 0. The minimum atomic E-state index is -4.85. The molecule has 314 valence electrons. The van der Waals surface area contributed by atoms with Gasteiger partial charge in [0, 0.05) is 34.4 Å². The van der Waals surface area contributed by atoms with E-state index < -0.39 is 95.3 Å². The van der Waals surface area contributed by atoms with Crippen LogP contribution in [0.2, 0.25) is 0 Å². The van der Waals surface area contributed by atoms with Crippen molar-refractivity contribution >= 4 is 98.7 Å². The van der Waals surface area contributed by atoms with Crippen molar-refractivity contribution in [3.05, 3.63) is 137 Å². The van der Waals surface area contributed by atoms with Crippen molar-refractivity contribution in [3.8, 4) is 11.5 Å². The van der Waals surface area contributed by atoms with Crippen LogP contribution in [0.3, 0.4) is 0 Å². The van der Waals surface area contributed by atoms with Gasteiger partial charge in [0.05, 0.1) is 64.4 Å². The molecule has 0 aliphatic carbocycles. The number of non-ortho nitro benzene ring substituents is 2. The van der Waals surface area contributed by atoms with Gasteiger partial charge in [-0.15, -0.1) is 11.4 Å². The maximum Gasteiger partial charge on any atom is 3.00 e. The summed E-state index contributed by atoms with van der Waals surface area (Å²) >= 11 is 0. The van der Waals surface area contributed by atoms with Gasteiger partial charge in [0.25, 0.3) is 22.7 Å². The van der Waals surface area contributed by atoms with E-state index in [9.17, 15) is 76.6 Å². The molecule has 0 saturated heterocycles. The normalized spacial score (nSPS) is 11.6. The molecule has 0 heterocycles. The Morgan fingerprint density at radius 3 is 1.34 bits per heavy atom. The Labute approximate surface area is 348 Å². The van der Waals surface area contributed by atoms with E-state index in [0.717, 1.165) is 24.3 Å². The van der Waals surface area contributed by atoms with Crippen LogP contribution in [0.25, 0.3) is 33.0 Å². The van der Waals surface area contributed by atoms with Crippen molar-refractivity contribution < 1.29 is 72.6 Å². The topological polar surface area (TPSA) is 430 Å². The molecule has 6 aromatic rings. The molecule has 0 atom stereocenters. The number of benzene rings is 6. The maximum absolute atomic E-state index is 12.2. The summed E-state index contributed by atoms with van der Waals surface area (Å²) in [7, 11) is -9.65. The third-order valence-electron chi connectivity index (χ3n) is 7.94. The predicted molar refractivity (Wildman–Crippen MR) is 199 cm³/mol. The molecule has 0 aliphatic heterocycles. The summed E-state index contributed by atoms with van der Waals surface area (Å²) in [5, 5.41) is 82.4. The summed E-state index contributed by atoms with van der Waals surface area (Å²) in [6, 6.07) is 14.4. The van der Waals surface area contributed by atoms with Crippen LogP contribution in [0, 0.1) is 40.5 Å². The van der Waals surface area contributed by atoms with E-state index in [1.807, 2.05) is 0 Å². The fraction of sp³-hybridized carbons (Fsp3) is 0. The van der Waals surface area contributed by atoms with Crippen LogP contribution in [0.15, 0.2) is 115 Å². The van der Waals surface area contributed by atoms with E-state index in [2.05, 4.69) is 20.5 Å². The number of hydrogen-bond acceptors (Lipinski definition) is 20. The maximum atomic E-state index is 12.2. The number of nitrogens with one attached hydrogen (secondary N) is 2. The van der Waals surface area contributed by atoms with Crippen molar-refractivity contribution in [2.24, 2.45) is 20.5 Å². The second kappa shape index (κ2) is 17.6. The van der Waals surface area contributed by atoms with Crippen molar-refractivity contribution in [3.63, 3.8) is 0 Å². The molecule has 61 heavy (non-hydrogen) atoms. The Kier molecular flexibility index (Phi) is 13.2. The number of rotatable bonds is 10. The largest absolute Gasteiger partial charge is 3.00 e. The van der Waals surface area contributed by atoms with E-state index in [-0.39, 0.29) is 61.1 Å². The van der Waals surface area contributed by atoms with Crippen LogP contribution in [0.4, 0.5) is 56.9 Å². The fourth-order valence-electron chi connectivity index (χ4n) is 5.27. The third-order valence-corrected chi connectivity index (χ3v) is 9.73. The van der Waals surface area contributed by atoms with Gasteiger partial charge >= 0.3 is 16.8 Å². The molecule has 6 rings (SSSR count). The summed E-state index contributed by atoms with van der Waals surface area (Å²) in [6.07, 6.45) is 0. The molecule has 0 aliphatic rings. The second-order valence-electron chi connectivity index (χ2n) is 11.6. The van der Waals surface area contributed by atoms with E-state index in [1.165, 1.54) is 36.4 Å². The van der Waals surface area contributed by atoms with Gasteiger partial charge in [-0.1, -0.05) is 42.5 Å². The molecule has 0 amide bonds. The monoisotopic (exact) mass is 919 g/mol. The average molecular weight is 920 g/mol. The molecule has 2 N–H and O–H groups in total. The van der Waals surface area contributed by atoms with Crippen molar-refractivity contribution in [1.82, 2.24) is 0 Å². The SMILES string of the molecule is [Co+3].[NH-]c1c(N=Nc2cc([N+](=O)[O-])cc([N+](=O)[O-])c2[O-])ccc2c(S(=O)(=O)[O-])cccc12.[NH-]c1ccc2c(S(=O)(=O)[O-])cccc2c1N=Nc1cc([N+](=O)[O-])cc([N+](=O)[O-])c1[O-]. The first kappa shape index (κ1) is 45.9. The van der Waals surface area contributed by atoms with Crippen molar-refractivity contribution in [2.45, 2.75) is 9.79 Å². The smallest absolute Gasteiger partial charge is 0.866 e. The summed E-state index contributed by atoms with van der Waals surface area (Å²) in [4.78, 5) is 38.6. The number of fused-ring (bicyclic) bond motifs is 2. The van der Waals surface area contributed by atoms with Crippen molar-refractivity contribution in [2.75, 3.05) is 0 Å². The van der Waals surface area contributed by atoms with E-state index in [4.69, 9.17) is 11.5 Å². The summed E-state index contributed by atoms with van der Waals surface area (Å²) in [5.74, 6) is -2.44. The zero-order valence-corrected chi connectivity index (χ0v) is 32.0. The molecule has 26 nitrogen and oxygen atoms in total.